The molecule has 0 radical (unpaired) electrons. The Morgan fingerprint density at radius 3 is 2.50 bits per heavy atom. The van der Waals surface area contributed by atoms with Crippen molar-refractivity contribution in [2.24, 2.45) is 0 Å². The van der Waals surface area contributed by atoms with Crippen LogP contribution in [0, 0.1) is 6.92 Å². The van der Waals surface area contributed by atoms with Crippen LogP contribution >= 0.6 is 0 Å². The van der Waals surface area contributed by atoms with Crippen molar-refractivity contribution in [1.29, 1.82) is 0 Å². The Kier molecular flexibility index (Phi) is 3.59. The van der Waals surface area contributed by atoms with Crippen LogP contribution in [0.15, 0.2) is 53.3 Å². The Bertz CT molecular complexity index is 895. The van der Waals surface area contributed by atoms with Crippen LogP contribution in [0.4, 0.5) is 0 Å². The highest BCUT2D eigenvalue weighted by Gasteiger charge is 2.21. The van der Waals surface area contributed by atoms with Crippen LogP contribution in [0.3, 0.4) is 0 Å². The molecule has 0 spiro atoms. The number of carbonyl (C=O) groups is 1. The first-order chi connectivity index (χ1) is 10.6. The molecule has 2 aromatic carbocycles. The molecule has 0 bridgehead atoms. The number of hydrogen-bond acceptors (Lipinski definition) is 3. The largest absolute Gasteiger partial charge is 0.319 e. The summed E-state index contributed by atoms with van der Waals surface area (Å²) in [6, 6.07) is 14.6. The SMILES string of the molecule is Cc1ccc(C(=O)C(C)c2nc3ccccc3[nH]c2=O)cc1. The van der Waals surface area contributed by atoms with E-state index in [9.17, 15) is 9.59 Å². The summed E-state index contributed by atoms with van der Waals surface area (Å²) < 4.78 is 0. The van der Waals surface area contributed by atoms with Gasteiger partial charge in [-0.3, -0.25) is 9.59 Å². The van der Waals surface area contributed by atoms with Crippen LogP contribution in [0.2, 0.25) is 0 Å². The normalized spacial score (nSPS) is 12.3. The number of nitrogens with one attached hydrogen (secondary N) is 1. The predicted octanol–water partition coefficient (Wildman–Crippen LogP) is 3.22. The number of rotatable bonds is 3. The van der Waals surface area contributed by atoms with E-state index in [1.165, 1.54) is 0 Å². The van der Waals surface area contributed by atoms with Crippen molar-refractivity contribution >= 4 is 16.8 Å². The monoisotopic (exact) mass is 292 g/mol. The number of Topliss-reactive ketones (excluding diaryl/α,β-unsaturated/α-hetero) is 1. The number of benzene rings is 2. The Balaban J connectivity index is 2.02. The van der Waals surface area contributed by atoms with Crippen LogP contribution in [-0.2, 0) is 0 Å². The number of carbonyl (C=O) groups excluding carboxylic acids is 1. The summed E-state index contributed by atoms with van der Waals surface area (Å²) in [4.78, 5) is 31.9. The van der Waals surface area contributed by atoms with Gasteiger partial charge in [0.2, 0.25) is 0 Å². The average molecular weight is 292 g/mol. The van der Waals surface area contributed by atoms with Crippen molar-refractivity contribution in [1.82, 2.24) is 9.97 Å². The lowest BCUT2D eigenvalue weighted by atomic mass is 9.96. The van der Waals surface area contributed by atoms with Gasteiger partial charge in [-0.1, -0.05) is 42.0 Å². The van der Waals surface area contributed by atoms with E-state index < -0.39 is 5.92 Å². The summed E-state index contributed by atoms with van der Waals surface area (Å²) in [6.07, 6.45) is 0. The van der Waals surface area contributed by atoms with Gasteiger partial charge in [0.05, 0.1) is 17.0 Å². The maximum Gasteiger partial charge on any atom is 0.270 e. The molecule has 0 saturated heterocycles. The molecule has 0 amide bonds. The first kappa shape index (κ1) is 14.2. The molecule has 22 heavy (non-hydrogen) atoms. The molecule has 4 heteroatoms. The van der Waals surface area contributed by atoms with E-state index >= 15 is 0 Å². The van der Waals surface area contributed by atoms with Gasteiger partial charge in [0.15, 0.2) is 5.78 Å². The minimum Gasteiger partial charge on any atom is -0.319 e. The van der Waals surface area contributed by atoms with E-state index in [-0.39, 0.29) is 17.0 Å². The van der Waals surface area contributed by atoms with Crippen LogP contribution in [-0.4, -0.2) is 15.8 Å². The number of para-hydroxylation sites is 2. The second-order valence-electron chi connectivity index (χ2n) is 5.42. The summed E-state index contributed by atoms with van der Waals surface area (Å²) in [7, 11) is 0. The Morgan fingerprint density at radius 2 is 1.77 bits per heavy atom. The molecule has 0 aliphatic heterocycles. The molecule has 110 valence electrons. The Labute approximate surface area is 127 Å². The van der Waals surface area contributed by atoms with Crippen LogP contribution in [0.25, 0.3) is 11.0 Å². The standard InChI is InChI=1S/C18H16N2O2/c1-11-7-9-13(10-8-11)17(21)12(2)16-18(22)20-15-6-4-3-5-14(15)19-16/h3-10,12H,1-2H3,(H,20,22). The molecule has 3 aromatic rings. The number of H-pyrrole nitrogens is 1. The molecule has 0 aliphatic rings. The Morgan fingerprint density at radius 1 is 1.09 bits per heavy atom. The van der Waals surface area contributed by atoms with Crippen molar-refractivity contribution in [3.05, 3.63) is 75.7 Å². The van der Waals surface area contributed by atoms with E-state index in [4.69, 9.17) is 0 Å². The van der Waals surface area contributed by atoms with E-state index in [1.54, 1.807) is 25.1 Å². The fourth-order valence-electron chi connectivity index (χ4n) is 2.43. The van der Waals surface area contributed by atoms with Crippen LogP contribution in [0.1, 0.15) is 34.5 Å². The van der Waals surface area contributed by atoms with Gasteiger partial charge in [-0.15, -0.1) is 0 Å². The van der Waals surface area contributed by atoms with Gasteiger partial charge in [-0.25, -0.2) is 4.98 Å². The number of nitrogens with zero attached hydrogens (tertiary/aromatic N) is 1. The first-order valence-corrected chi connectivity index (χ1v) is 7.16. The molecule has 1 unspecified atom stereocenters. The van der Waals surface area contributed by atoms with Crippen molar-refractivity contribution < 1.29 is 4.79 Å². The summed E-state index contributed by atoms with van der Waals surface area (Å²) in [6.45, 7) is 3.68. The lowest BCUT2D eigenvalue weighted by molar-refractivity contribution is 0.0964. The fourth-order valence-corrected chi connectivity index (χ4v) is 2.43. The topological polar surface area (TPSA) is 62.8 Å². The van der Waals surface area contributed by atoms with Gasteiger partial charge in [0.25, 0.3) is 5.56 Å². The number of aryl methyl sites for hydroxylation is 1. The third kappa shape index (κ3) is 2.55. The van der Waals surface area contributed by atoms with Gasteiger partial charge >= 0.3 is 0 Å². The molecule has 3 rings (SSSR count). The molecule has 1 N–H and O–H groups in total. The van der Waals surface area contributed by atoms with E-state index in [1.807, 2.05) is 37.3 Å². The number of aromatic nitrogens is 2. The second kappa shape index (κ2) is 5.56. The molecule has 1 aromatic heterocycles. The highest BCUT2D eigenvalue weighted by molar-refractivity contribution is 6.00. The molecule has 0 fully saturated rings. The molecular formula is C18H16N2O2. The average Bonchev–Trinajstić information content (AvgIpc) is 2.53. The number of ketones is 1. The lowest BCUT2D eigenvalue weighted by Crippen LogP contribution is -2.22. The molecule has 1 heterocycles. The van der Waals surface area contributed by atoms with Crippen LogP contribution in [0.5, 0.6) is 0 Å². The van der Waals surface area contributed by atoms with Gasteiger partial charge in [0.1, 0.15) is 5.69 Å². The number of hydrogen-bond donors (Lipinski definition) is 1. The molecule has 0 aliphatic carbocycles. The maximum atomic E-state index is 12.6. The third-order valence-electron chi connectivity index (χ3n) is 3.77. The highest BCUT2D eigenvalue weighted by Crippen LogP contribution is 2.18. The molecule has 4 nitrogen and oxygen atoms in total. The van der Waals surface area contributed by atoms with Gasteiger partial charge in [0, 0.05) is 5.56 Å². The molecular weight excluding hydrogens is 276 g/mol. The second-order valence-corrected chi connectivity index (χ2v) is 5.42. The summed E-state index contributed by atoms with van der Waals surface area (Å²) in [5, 5.41) is 0. The van der Waals surface area contributed by atoms with Gasteiger partial charge in [-0.05, 0) is 26.0 Å². The summed E-state index contributed by atoms with van der Waals surface area (Å²) >= 11 is 0. The predicted molar refractivity (Wildman–Crippen MR) is 86.3 cm³/mol. The minimum absolute atomic E-state index is 0.103. The number of fused-ring (bicyclic) bond motifs is 1. The van der Waals surface area contributed by atoms with Gasteiger partial charge < -0.3 is 4.98 Å². The Hall–Kier alpha value is -2.75. The summed E-state index contributed by atoms with van der Waals surface area (Å²) in [5.74, 6) is -0.690. The minimum atomic E-state index is -0.587. The smallest absolute Gasteiger partial charge is 0.270 e. The fraction of sp³-hybridized carbons (Fsp3) is 0.167. The van der Waals surface area contributed by atoms with E-state index in [0.29, 0.717) is 16.6 Å². The van der Waals surface area contributed by atoms with E-state index in [0.717, 1.165) is 5.56 Å². The third-order valence-corrected chi connectivity index (χ3v) is 3.77. The van der Waals surface area contributed by atoms with E-state index in [2.05, 4.69) is 9.97 Å². The van der Waals surface area contributed by atoms with Crippen molar-refractivity contribution in [2.45, 2.75) is 19.8 Å². The summed E-state index contributed by atoms with van der Waals surface area (Å²) in [5.41, 5.74) is 2.97. The van der Waals surface area contributed by atoms with Crippen molar-refractivity contribution in [2.75, 3.05) is 0 Å². The quantitative estimate of drug-likeness (QED) is 0.754. The number of aromatic amines is 1. The van der Waals surface area contributed by atoms with Crippen molar-refractivity contribution in [3.8, 4) is 0 Å². The zero-order valence-electron chi connectivity index (χ0n) is 12.5. The zero-order valence-corrected chi connectivity index (χ0v) is 12.5. The first-order valence-electron chi connectivity index (χ1n) is 7.16. The molecule has 1 atom stereocenters. The zero-order chi connectivity index (χ0) is 15.7. The maximum absolute atomic E-state index is 12.6. The molecule has 0 saturated carbocycles. The van der Waals surface area contributed by atoms with Crippen molar-refractivity contribution in [3.63, 3.8) is 0 Å². The highest BCUT2D eigenvalue weighted by atomic mass is 16.1. The van der Waals surface area contributed by atoms with Gasteiger partial charge in [-0.2, -0.15) is 0 Å². The van der Waals surface area contributed by atoms with Crippen LogP contribution < -0.4 is 5.56 Å². The lowest BCUT2D eigenvalue weighted by Gasteiger charge is -2.10.